The molecule has 2 aromatic rings. The molecule has 1 aromatic heterocycles. The Morgan fingerprint density at radius 2 is 1.96 bits per heavy atom. The Bertz CT molecular complexity index is 772. The van der Waals surface area contributed by atoms with Gasteiger partial charge in [0.1, 0.15) is 11.6 Å². The van der Waals surface area contributed by atoms with E-state index in [1.807, 2.05) is 29.2 Å². The SMILES string of the molecule is CCC(C)Nc1cc(C(=O)N2CCN(c3ccccc3OC)CC2)ccn1. The van der Waals surface area contributed by atoms with Gasteiger partial charge in [-0.2, -0.15) is 0 Å². The summed E-state index contributed by atoms with van der Waals surface area (Å²) in [6, 6.07) is 12.0. The van der Waals surface area contributed by atoms with Crippen LogP contribution in [0.25, 0.3) is 0 Å². The van der Waals surface area contributed by atoms with Crippen LogP contribution in [0.3, 0.4) is 0 Å². The quantitative estimate of drug-likeness (QED) is 0.848. The predicted molar refractivity (Wildman–Crippen MR) is 109 cm³/mol. The normalized spacial score (nSPS) is 15.4. The maximum Gasteiger partial charge on any atom is 0.254 e. The highest BCUT2D eigenvalue weighted by atomic mass is 16.5. The zero-order chi connectivity index (χ0) is 19.2. The minimum atomic E-state index is 0.0595. The van der Waals surface area contributed by atoms with Crippen LogP contribution in [0.4, 0.5) is 11.5 Å². The molecule has 27 heavy (non-hydrogen) atoms. The Balaban J connectivity index is 1.64. The van der Waals surface area contributed by atoms with Gasteiger partial charge in [-0.1, -0.05) is 19.1 Å². The summed E-state index contributed by atoms with van der Waals surface area (Å²) >= 11 is 0. The second kappa shape index (κ2) is 8.75. The molecule has 6 nitrogen and oxygen atoms in total. The van der Waals surface area contributed by atoms with Crippen molar-refractivity contribution < 1.29 is 9.53 Å². The summed E-state index contributed by atoms with van der Waals surface area (Å²) in [5.74, 6) is 1.68. The standard InChI is InChI=1S/C21H28N4O2/c1-4-16(2)23-20-15-17(9-10-22-20)21(26)25-13-11-24(12-14-25)18-7-5-6-8-19(18)27-3/h5-10,15-16H,4,11-14H2,1-3H3,(H,22,23). The highest BCUT2D eigenvalue weighted by Gasteiger charge is 2.24. The highest BCUT2D eigenvalue weighted by molar-refractivity contribution is 5.95. The summed E-state index contributed by atoms with van der Waals surface area (Å²) in [5, 5.41) is 3.33. The fourth-order valence-corrected chi connectivity index (χ4v) is 3.22. The molecule has 1 N–H and O–H groups in total. The number of hydrogen-bond donors (Lipinski definition) is 1. The lowest BCUT2D eigenvalue weighted by Gasteiger charge is -2.36. The van der Waals surface area contributed by atoms with Crippen LogP contribution in [0.15, 0.2) is 42.6 Å². The Morgan fingerprint density at radius 1 is 1.22 bits per heavy atom. The van der Waals surface area contributed by atoms with E-state index in [9.17, 15) is 4.79 Å². The molecule has 0 spiro atoms. The molecule has 1 aliphatic rings. The Morgan fingerprint density at radius 3 is 2.67 bits per heavy atom. The van der Waals surface area contributed by atoms with Crippen molar-refractivity contribution in [1.29, 1.82) is 0 Å². The van der Waals surface area contributed by atoms with Crippen LogP contribution in [0.5, 0.6) is 5.75 Å². The first kappa shape index (κ1) is 19.0. The monoisotopic (exact) mass is 368 g/mol. The Hall–Kier alpha value is -2.76. The van der Waals surface area contributed by atoms with Gasteiger partial charge in [0.2, 0.25) is 0 Å². The topological polar surface area (TPSA) is 57.7 Å². The predicted octanol–water partition coefficient (Wildman–Crippen LogP) is 3.26. The summed E-state index contributed by atoms with van der Waals surface area (Å²) < 4.78 is 5.46. The number of pyridine rings is 1. The lowest BCUT2D eigenvalue weighted by atomic mass is 10.2. The van der Waals surface area contributed by atoms with Crippen molar-refractivity contribution in [3.8, 4) is 5.75 Å². The van der Waals surface area contributed by atoms with Crippen LogP contribution in [0.1, 0.15) is 30.6 Å². The molecule has 6 heteroatoms. The number of piperazine rings is 1. The van der Waals surface area contributed by atoms with Gasteiger partial charge in [0.25, 0.3) is 5.91 Å². The number of aromatic nitrogens is 1. The number of para-hydroxylation sites is 2. The smallest absolute Gasteiger partial charge is 0.254 e. The van der Waals surface area contributed by atoms with Gasteiger partial charge in [-0.3, -0.25) is 4.79 Å². The average molecular weight is 368 g/mol. The second-order valence-electron chi connectivity index (χ2n) is 6.83. The Labute approximate surface area is 161 Å². The van der Waals surface area contributed by atoms with Gasteiger partial charge in [0, 0.05) is 44.0 Å². The Kier molecular flexibility index (Phi) is 6.16. The van der Waals surface area contributed by atoms with Crippen LogP contribution >= 0.6 is 0 Å². The minimum absolute atomic E-state index is 0.0595. The maximum atomic E-state index is 12.9. The van der Waals surface area contributed by atoms with E-state index in [0.29, 0.717) is 24.7 Å². The van der Waals surface area contributed by atoms with E-state index in [2.05, 4.69) is 35.1 Å². The van der Waals surface area contributed by atoms with Gasteiger partial charge in [-0.05, 0) is 37.6 Å². The number of anilines is 2. The van der Waals surface area contributed by atoms with Gasteiger partial charge >= 0.3 is 0 Å². The number of carbonyl (C=O) groups is 1. The number of benzene rings is 1. The van der Waals surface area contributed by atoms with Crippen LogP contribution in [0, 0.1) is 0 Å². The van der Waals surface area contributed by atoms with Crippen molar-refractivity contribution in [2.45, 2.75) is 26.3 Å². The second-order valence-corrected chi connectivity index (χ2v) is 6.83. The molecule has 1 unspecified atom stereocenters. The fourth-order valence-electron chi connectivity index (χ4n) is 3.22. The molecule has 1 aliphatic heterocycles. The van der Waals surface area contributed by atoms with Crippen LogP contribution in [-0.2, 0) is 0 Å². The first-order valence-electron chi connectivity index (χ1n) is 9.52. The van der Waals surface area contributed by atoms with E-state index >= 15 is 0 Å². The zero-order valence-corrected chi connectivity index (χ0v) is 16.3. The third-order valence-corrected chi connectivity index (χ3v) is 5.01. The number of nitrogens with zero attached hydrogens (tertiary/aromatic N) is 3. The molecule has 2 heterocycles. The van der Waals surface area contributed by atoms with Crippen molar-refractivity contribution in [2.24, 2.45) is 0 Å². The van der Waals surface area contributed by atoms with E-state index in [1.165, 1.54) is 0 Å². The number of nitrogens with one attached hydrogen (secondary N) is 1. The lowest BCUT2D eigenvalue weighted by molar-refractivity contribution is 0.0746. The number of carbonyl (C=O) groups excluding carboxylic acids is 1. The molecular weight excluding hydrogens is 340 g/mol. The number of ether oxygens (including phenoxy) is 1. The molecule has 1 atom stereocenters. The average Bonchev–Trinajstić information content (AvgIpc) is 2.73. The van der Waals surface area contributed by atoms with E-state index in [0.717, 1.165) is 36.8 Å². The summed E-state index contributed by atoms with van der Waals surface area (Å²) in [7, 11) is 1.69. The molecule has 0 aliphatic carbocycles. The van der Waals surface area contributed by atoms with E-state index in [-0.39, 0.29) is 5.91 Å². The van der Waals surface area contributed by atoms with Crippen LogP contribution in [0.2, 0.25) is 0 Å². The van der Waals surface area contributed by atoms with Gasteiger partial charge < -0.3 is 19.9 Å². The van der Waals surface area contributed by atoms with Crippen molar-refractivity contribution in [2.75, 3.05) is 43.5 Å². The first-order chi connectivity index (χ1) is 13.1. The third-order valence-electron chi connectivity index (χ3n) is 5.01. The molecule has 1 aromatic carbocycles. The van der Waals surface area contributed by atoms with Crippen molar-refractivity contribution in [1.82, 2.24) is 9.88 Å². The molecule has 1 amide bonds. The fraction of sp³-hybridized carbons (Fsp3) is 0.429. The molecule has 144 valence electrons. The number of rotatable bonds is 6. The van der Waals surface area contributed by atoms with E-state index in [1.54, 1.807) is 19.4 Å². The molecule has 0 bridgehead atoms. The maximum absolute atomic E-state index is 12.9. The number of amides is 1. The molecular formula is C21H28N4O2. The summed E-state index contributed by atoms with van der Waals surface area (Å²) in [5.41, 5.74) is 1.76. The third kappa shape index (κ3) is 4.51. The lowest BCUT2D eigenvalue weighted by Crippen LogP contribution is -2.48. The summed E-state index contributed by atoms with van der Waals surface area (Å²) in [6.45, 7) is 7.17. The molecule has 0 saturated carbocycles. The van der Waals surface area contributed by atoms with Crippen LogP contribution < -0.4 is 15.0 Å². The number of methoxy groups -OCH3 is 1. The molecule has 3 rings (SSSR count). The minimum Gasteiger partial charge on any atom is -0.495 e. The van der Waals surface area contributed by atoms with Crippen molar-refractivity contribution >= 4 is 17.4 Å². The summed E-state index contributed by atoms with van der Waals surface area (Å²) in [4.78, 5) is 21.4. The molecule has 1 saturated heterocycles. The molecule has 1 fully saturated rings. The highest BCUT2D eigenvalue weighted by Crippen LogP contribution is 2.28. The largest absolute Gasteiger partial charge is 0.495 e. The molecule has 0 radical (unpaired) electrons. The first-order valence-corrected chi connectivity index (χ1v) is 9.52. The number of hydrogen-bond acceptors (Lipinski definition) is 5. The van der Waals surface area contributed by atoms with Crippen molar-refractivity contribution in [3.05, 3.63) is 48.2 Å². The van der Waals surface area contributed by atoms with Gasteiger partial charge in [0.05, 0.1) is 12.8 Å². The zero-order valence-electron chi connectivity index (χ0n) is 16.3. The van der Waals surface area contributed by atoms with Gasteiger partial charge in [-0.15, -0.1) is 0 Å². The van der Waals surface area contributed by atoms with Crippen molar-refractivity contribution in [3.63, 3.8) is 0 Å². The van der Waals surface area contributed by atoms with E-state index in [4.69, 9.17) is 4.74 Å². The van der Waals surface area contributed by atoms with Gasteiger partial charge in [0.15, 0.2) is 0 Å². The van der Waals surface area contributed by atoms with E-state index < -0.39 is 0 Å². The summed E-state index contributed by atoms with van der Waals surface area (Å²) in [6.07, 6.45) is 2.70. The van der Waals surface area contributed by atoms with Crippen LogP contribution in [-0.4, -0.2) is 55.1 Å². The van der Waals surface area contributed by atoms with Gasteiger partial charge in [-0.25, -0.2) is 4.98 Å².